The van der Waals surface area contributed by atoms with Crippen molar-refractivity contribution >= 4 is 0 Å². The molecule has 1 aliphatic heterocycles. The molecule has 2 heteroatoms. The van der Waals surface area contributed by atoms with Crippen LogP contribution in [-0.4, -0.2) is 19.4 Å². The normalized spacial score (nSPS) is 39.2. The molecule has 0 spiro atoms. The number of rotatable bonds is 0. The van der Waals surface area contributed by atoms with E-state index in [-0.39, 0.29) is 0 Å². The van der Waals surface area contributed by atoms with Gasteiger partial charge in [0.2, 0.25) is 0 Å². The summed E-state index contributed by atoms with van der Waals surface area (Å²) < 4.78 is 5.48. The fourth-order valence-electron chi connectivity index (χ4n) is 1.67. The Morgan fingerprint density at radius 1 is 1.50 bits per heavy atom. The molecular weight excluding hydrogens is 126 g/mol. The minimum absolute atomic E-state index is 0.412. The monoisotopic (exact) mass is 139 g/mol. The van der Waals surface area contributed by atoms with Crippen LogP contribution in [0.2, 0.25) is 0 Å². The van der Waals surface area contributed by atoms with E-state index in [9.17, 15) is 0 Å². The van der Waals surface area contributed by atoms with Crippen LogP contribution in [0.15, 0.2) is 12.2 Å². The topological polar surface area (TPSA) is 21.3 Å². The molecule has 2 atom stereocenters. The third-order valence-electron chi connectivity index (χ3n) is 2.28. The molecule has 1 fully saturated rings. The Kier molecular flexibility index (Phi) is 1.74. The molecule has 10 heavy (non-hydrogen) atoms. The van der Waals surface area contributed by atoms with E-state index in [0.717, 1.165) is 19.2 Å². The zero-order valence-electron chi connectivity index (χ0n) is 6.05. The van der Waals surface area contributed by atoms with E-state index in [1.54, 1.807) is 0 Å². The van der Waals surface area contributed by atoms with Crippen molar-refractivity contribution in [2.45, 2.75) is 18.9 Å². The summed E-state index contributed by atoms with van der Waals surface area (Å²) in [6, 6.07) is 0. The molecule has 0 amide bonds. The summed E-state index contributed by atoms with van der Waals surface area (Å²) in [7, 11) is 0. The van der Waals surface area contributed by atoms with Gasteiger partial charge < -0.3 is 4.74 Å². The molecule has 1 saturated heterocycles. The predicted octanol–water partition coefficient (Wildman–Crippen LogP) is 0.898. The SMILES string of the molecule is C1=CC2OCNCC2CC1. The van der Waals surface area contributed by atoms with Crippen LogP contribution in [0.3, 0.4) is 0 Å². The number of fused-ring (bicyclic) bond motifs is 1. The Morgan fingerprint density at radius 2 is 2.50 bits per heavy atom. The highest BCUT2D eigenvalue weighted by Gasteiger charge is 2.24. The van der Waals surface area contributed by atoms with Crippen molar-refractivity contribution < 1.29 is 4.74 Å². The quantitative estimate of drug-likeness (QED) is 0.503. The minimum atomic E-state index is 0.412. The smallest absolute Gasteiger partial charge is 0.0973 e. The largest absolute Gasteiger partial charge is 0.359 e. The molecule has 0 saturated carbocycles. The number of ether oxygens (including phenoxy) is 1. The van der Waals surface area contributed by atoms with Gasteiger partial charge in [-0.15, -0.1) is 0 Å². The van der Waals surface area contributed by atoms with Crippen molar-refractivity contribution in [1.29, 1.82) is 0 Å². The first kappa shape index (κ1) is 6.38. The lowest BCUT2D eigenvalue weighted by atomic mass is 9.91. The molecule has 2 unspecified atom stereocenters. The van der Waals surface area contributed by atoms with Gasteiger partial charge in [0.25, 0.3) is 0 Å². The van der Waals surface area contributed by atoms with E-state index in [1.165, 1.54) is 12.8 Å². The molecule has 2 rings (SSSR count). The molecule has 1 aliphatic carbocycles. The Bertz CT molecular complexity index is 144. The zero-order chi connectivity index (χ0) is 6.81. The summed E-state index contributed by atoms with van der Waals surface area (Å²) in [6.45, 7) is 1.86. The second-order valence-corrected chi connectivity index (χ2v) is 3.00. The molecule has 1 N–H and O–H groups in total. The van der Waals surface area contributed by atoms with Gasteiger partial charge in [-0.3, -0.25) is 5.32 Å². The van der Waals surface area contributed by atoms with Crippen molar-refractivity contribution in [3.63, 3.8) is 0 Å². The van der Waals surface area contributed by atoms with Gasteiger partial charge >= 0.3 is 0 Å². The van der Waals surface area contributed by atoms with Gasteiger partial charge in [0.05, 0.1) is 12.8 Å². The first-order valence-electron chi connectivity index (χ1n) is 3.96. The summed E-state index contributed by atoms with van der Waals surface area (Å²) in [6.07, 6.45) is 7.36. The van der Waals surface area contributed by atoms with Crippen molar-refractivity contribution in [2.75, 3.05) is 13.3 Å². The Hall–Kier alpha value is -0.340. The van der Waals surface area contributed by atoms with Crippen LogP contribution in [0.25, 0.3) is 0 Å². The number of nitrogens with one attached hydrogen (secondary N) is 1. The molecule has 0 bridgehead atoms. The second-order valence-electron chi connectivity index (χ2n) is 3.00. The van der Waals surface area contributed by atoms with Crippen LogP contribution >= 0.6 is 0 Å². The van der Waals surface area contributed by atoms with Gasteiger partial charge in [0.15, 0.2) is 0 Å². The maximum atomic E-state index is 5.48. The van der Waals surface area contributed by atoms with Crippen LogP contribution in [0.4, 0.5) is 0 Å². The lowest BCUT2D eigenvalue weighted by Crippen LogP contribution is -2.41. The fraction of sp³-hybridized carbons (Fsp3) is 0.750. The average Bonchev–Trinajstić information content (AvgIpc) is 2.05. The van der Waals surface area contributed by atoms with Crippen LogP contribution in [0, 0.1) is 5.92 Å². The number of hydrogen-bond acceptors (Lipinski definition) is 2. The predicted molar refractivity (Wildman–Crippen MR) is 39.6 cm³/mol. The second kappa shape index (κ2) is 2.72. The highest BCUT2D eigenvalue weighted by Crippen LogP contribution is 2.22. The summed E-state index contributed by atoms with van der Waals surface area (Å²) in [5, 5.41) is 3.23. The molecular formula is C8H13NO. The first-order valence-corrected chi connectivity index (χ1v) is 3.96. The van der Waals surface area contributed by atoms with E-state index >= 15 is 0 Å². The van der Waals surface area contributed by atoms with E-state index in [4.69, 9.17) is 4.74 Å². The number of hydrogen-bond donors (Lipinski definition) is 1. The number of allylic oxidation sites excluding steroid dienone is 1. The van der Waals surface area contributed by atoms with Crippen molar-refractivity contribution in [3.8, 4) is 0 Å². The van der Waals surface area contributed by atoms with Crippen molar-refractivity contribution in [1.82, 2.24) is 5.32 Å². The van der Waals surface area contributed by atoms with Gasteiger partial charge in [0, 0.05) is 12.5 Å². The standard InChI is InChI=1S/C8H13NO/c1-2-4-8-7(3-1)5-9-6-10-8/h2,4,7-9H,1,3,5-6H2. The fourth-order valence-corrected chi connectivity index (χ4v) is 1.67. The zero-order valence-corrected chi connectivity index (χ0v) is 6.05. The Balaban J connectivity index is 2.03. The van der Waals surface area contributed by atoms with Crippen LogP contribution in [0.1, 0.15) is 12.8 Å². The minimum Gasteiger partial charge on any atom is -0.359 e. The average molecular weight is 139 g/mol. The molecule has 0 aromatic carbocycles. The van der Waals surface area contributed by atoms with Crippen LogP contribution in [-0.2, 0) is 4.74 Å². The van der Waals surface area contributed by atoms with E-state index in [0.29, 0.717) is 6.10 Å². The van der Waals surface area contributed by atoms with Crippen molar-refractivity contribution in [2.24, 2.45) is 5.92 Å². The van der Waals surface area contributed by atoms with E-state index < -0.39 is 0 Å². The van der Waals surface area contributed by atoms with Gasteiger partial charge in [-0.25, -0.2) is 0 Å². The van der Waals surface area contributed by atoms with Crippen LogP contribution in [0.5, 0.6) is 0 Å². The van der Waals surface area contributed by atoms with Gasteiger partial charge in [-0.2, -0.15) is 0 Å². The maximum Gasteiger partial charge on any atom is 0.0973 e. The van der Waals surface area contributed by atoms with E-state index in [2.05, 4.69) is 17.5 Å². The summed E-state index contributed by atoms with van der Waals surface area (Å²) in [4.78, 5) is 0. The third kappa shape index (κ3) is 1.09. The van der Waals surface area contributed by atoms with E-state index in [1.807, 2.05) is 0 Å². The molecule has 1 heterocycles. The van der Waals surface area contributed by atoms with Gasteiger partial charge in [-0.1, -0.05) is 12.2 Å². The maximum absolute atomic E-state index is 5.48. The summed E-state index contributed by atoms with van der Waals surface area (Å²) >= 11 is 0. The molecule has 2 aliphatic rings. The molecule has 56 valence electrons. The lowest BCUT2D eigenvalue weighted by molar-refractivity contribution is -0.00905. The molecule has 2 nitrogen and oxygen atoms in total. The lowest BCUT2D eigenvalue weighted by Gasteiger charge is -2.32. The summed E-state index contributed by atoms with van der Waals surface area (Å²) in [5.41, 5.74) is 0. The van der Waals surface area contributed by atoms with Crippen LogP contribution < -0.4 is 5.32 Å². The molecule has 0 radical (unpaired) electrons. The van der Waals surface area contributed by atoms with Crippen molar-refractivity contribution in [3.05, 3.63) is 12.2 Å². The molecule has 0 aromatic rings. The first-order chi connectivity index (χ1) is 4.97. The Labute approximate surface area is 61.3 Å². The molecule has 0 aromatic heterocycles. The summed E-state index contributed by atoms with van der Waals surface area (Å²) in [5.74, 6) is 0.735. The Morgan fingerprint density at radius 3 is 3.40 bits per heavy atom. The highest BCUT2D eigenvalue weighted by molar-refractivity contribution is 4.99. The third-order valence-corrected chi connectivity index (χ3v) is 2.28. The van der Waals surface area contributed by atoms with Gasteiger partial charge in [-0.05, 0) is 12.8 Å². The van der Waals surface area contributed by atoms with Gasteiger partial charge in [0.1, 0.15) is 0 Å². The highest BCUT2D eigenvalue weighted by atomic mass is 16.5.